The fourth-order valence-corrected chi connectivity index (χ4v) is 2.72. The van der Waals surface area contributed by atoms with Crippen LogP contribution in [0.5, 0.6) is 0 Å². The van der Waals surface area contributed by atoms with Gasteiger partial charge in [-0.05, 0) is 25.7 Å². The van der Waals surface area contributed by atoms with E-state index in [1.807, 2.05) is 4.90 Å². The smallest absolute Gasteiger partial charge is 0.317 e. The van der Waals surface area contributed by atoms with E-state index >= 15 is 0 Å². The van der Waals surface area contributed by atoms with Gasteiger partial charge in [0, 0.05) is 32.5 Å². The van der Waals surface area contributed by atoms with E-state index in [1.54, 1.807) is 7.11 Å². The van der Waals surface area contributed by atoms with Crippen LogP contribution in [0, 0.1) is 0 Å². The van der Waals surface area contributed by atoms with E-state index in [-0.39, 0.29) is 12.1 Å². The molecule has 1 saturated carbocycles. The minimum atomic E-state index is -0.0274. The maximum absolute atomic E-state index is 12.1. The number of methoxy groups -OCH3 is 1. The van der Waals surface area contributed by atoms with E-state index < -0.39 is 0 Å². The molecule has 1 aliphatic carbocycles. The summed E-state index contributed by atoms with van der Waals surface area (Å²) in [5.74, 6) is 1.89. The van der Waals surface area contributed by atoms with Gasteiger partial charge in [-0.25, -0.2) is 4.79 Å². The van der Waals surface area contributed by atoms with Crippen LogP contribution in [0.2, 0.25) is 0 Å². The average Bonchev–Trinajstić information content (AvgIpc) is 3.04. The van der Waals surface area contributed by atoms with Gasteiger partial charge in [-0.1, -0.05) is 5.16 Å². The van der Waals surface area contributed by atoms with Crippen molar-refractivity contribution in [3.05, 3.63) is 11.7 Å². The van der Waals surface area contributed by atoms with Crippen molar-refractivity contribution >= 4 is 6.03 Å². The van der Waals surface area contributed by atoms with Crippen LogP contribution in [0.25, 0.3) is 0 Å². The van der Waals surface area contributed by atoms with Crippen LogP contribution in [0.3, 0.4) is 0 Å². The molecule has 2 heterocycles. The monoisotopic (exact) mass is 294 g/mol. The lowest BCUT2D eigenvalue weighted by molar-refractivity contribution is 0.123. The molecule has 1 aromatic heterocycles. The Kier molecular flexibility index (Phi) is 4.38. The van der Waals surface area contributed by atoms with Gasteiger partial charge in [0.05, 0.1) is 12.6 Å². The zero-order valence-corrected chi connectivity index (χ0v) is 12.4. The maximum Gasteiger partial charge on any atom is 0.317 e. The number of hydrogen-bond acceptors (Lipinski definition) is 5. The Morgan fingerprint density at radius 1 is 1.48 bits per heavy atom. The first-order valence-corrected chi connectivity index (χ1v) is 7.64. The number of amides is 2. The minimum Gasteiger partial charge on any atom is -0.383 e. The van der Waals surface area contributed by atoms with E-state index in [0.29, 0.717) is 31.3 Å². The lowest BCUT2D eigenvalue weighted by Crippen LogP contribution is -2.45. The first-order chi connectivity index (χ1) is 10.3. The van der Waals surface area contributed by atoms with Crippen molar-refractivity contribution in [3.8, 4) is 0 Å². The fourth-order valence-electron chi connectivity index (χ4n) is 2.72. The lowest BCUT2D eigenvalue weighted by atomic mass is 10.2. The topological polar surface area (TPSA) is 80.5 Å². The van der Waals surface area contributed by atoms with Gasteiger partial charge in [0.2, 0.25) is 5.89 Å². The maximum atomic E-state index is 12.1. The van der Waals surface area contributed by atoms with Crippen LogP contribution >= 0.6 is 0 Å². The number of nitrogens with zero attached hydrogens (tertiary/aromatic N) is 3. The second-order valence-electron chi connectivity index (χ2n) is 5.75. The molecule has 1 atom stereocenters. The van der Waals surface area contributed by atoms with Gasteiger partial charge in [0.1, 0.15) is 0 Å². The molecule has 21 heavy (non-hydrogen) atoms. The molecule has 1 N–H and O–H groups in total. The molecular formula is C14H22N4O3. The van der Waals surface area contributed by atoms with Crippen LogP contribution in [0.15, 0.2) is 4.52 Å². The molecule has 7 nitrogen and oxygen atoms in total. The van der Waals surface area contributed by atoms with Gasteiger partial charge in [-0.3, -0.25) is 0 Å². The van der Waals surface area contributed by atoms with Gasteiger partial charge in [-0.2, -0.15) is 4.98 Å². The number of carbonyl (C=O) groups is 1. The molecule has 0 aromatic carbocycles. The molecule has 2 fully saturated rings. The van der Waals surface area contributed by atoms with Gasteiger partial charge >= 0.3 is 6.03 Å². The first kappa shape index (κ1) is 14.3. The Hall–Kier alpha value is -1.63. The van der Waals surface area contributed by atoms with Crippen molar-refractivity contribution < 1.29 is 14.1 Å². The number of ether oxygens (including phenoxy) is 1. The zero-order valence-electron chi connectivity index (χ0n) is 12.4. The summed E-state index contributed by atoms with van der Waals surface area (Å²) in [6.07, 6.45) is 4.95. The van der Waals surface area contributed by atoms with Gasteiger partial charge in [0.25, 0.3) is 0 Å². The predicted molar refractivity (Wildman–Crippen MR) is 75.0 cm³/mol. The number of aromatic nitrogens is 2. The van der Waals surface area contributed by atoms with Crippen molar-refractivity contribution in [1.82, 2.24) is 20.4 Å². The summed E-state index contributed by atoms with van der Waals surface area (Å²) in [5, 5.41) is 6.87. The largest absolute Gasteiger partial charge is 0.383 e. The highest BCUT2D eigenvalue weighted by Crippen LogP contribution is 2.38. The molecule has 2 amide bonds. The quantitative estimate of drug-likeness (QED) is 0.855. The van der Waals surface area contributed by atoms with Crippen LogP contribution in [0.1, 0.15) is 43.3 Å². The van der Waals surface area contributed by atoms with E-state index in [9.17, 15) is 4.79 Å². The molecule has 7 heteroatoms. The Morgan fingerprint density at radius 3 is 3.10 bits per heavy atom. The molecule has 0 bridgehead atoms. The van der Waals surface area contributed by atoms with Crippen LogP contribution in [-0.2, 0) is 11.2 Å². The van der Waals surface area contributed by atoms with Crippen molar-refractivity contribution in [2.45, 2.75) is 44.1 Å². The Bertz CT molecular complexity index is 486. The number of carbonyl (C=O) groups excluding carboxylic acids is 1. The molecule has 3 rings (SSSR count). The van der Waals surface area contributed by atoms with Crippen LogP contribution < -0.4 is 5.32 Å². The highest BCUT2D eigenvalue weighted by Gasteiger charge is 2.30. The third-order valence-electron chi connectivity index (χ3n) is 4.03. The standard InChI is InChI=1S/C14H22N4O3/c1-20-9-11-3-2-8-18(11)14(19)15-7-6-12-16-13(21-17-12)10-4-5-10/h10-11H,2-9H2,1H3,(H,15,19)/t11-/m0/s1. The van der Waals surface area contributed by atoms with Gasteiger partial charge in [0.15, 0.2) is 5.82 Å². The summed E-state index contributed by atoms with van der Waals surface area (Å²) in [5.41, 5.74) is 0. The molecule has 1 saturated heterocycles. The summed E-state index contributed by atoms with van der Waals surface area (Å²) >= 11 is 0. The fraction of sp³-hybridized carbons (Fsp3) is 0.786. The molecule has 116 valence electrons. The van der Waals surface area contributed by atoms with Crippen molar-refractivity contribution in [2.75, 3.05) is 26.8 Å². The summed E-state index contributed by atoms with van der Waals surface area (Å²) in [6.45, 7) is 1.93. The predicted octanol–water partition coefficient (Wildman–Crippen LogP) is 1.31. The third kappa shape index (κ3) is 3.53. The third-order valence-corrected chi connectivity index (χ3v) is 4.03. The molecule has 1 aromatic rings. The SMILES string of the molecule is COC[C@@H]1CCCN1C(=O)NCCc1noc(C2CC2)n1. The number of rotatable bonds is 6. The van der Waals surface area contributed by atoms with Gasteiger partial charge < -0.3 is 19.5 Å². The Morgan fingerprint density at radius 2 is 2.33 bits per heavy atom. The minimum absolute atomic E-state index is 0.0274. The van der Waals surface area contributed by atoms with Crippen LogP contribution in [0.4, 0.5) is 4.79 Å². The first-order valence-electron chi connectivity index (χ1n) is 7.64. The molecule has 0 spiro atoms. The molecule has 1 aliphatic heterocycles. The van der Waals surface area contributed by atoms with Crippen LogP contribution in [-0.4, -0.2) is 53.9 Å². The van der Waals surface area contributed by atoms with E-state index in [2.05, 4.69) is 15.5 Å². The number of nitrogens with one attached hydrogen (secondary N) is 1. The summed E-state index contributed by atoms with van der Waals surface area (Å²) in [7, 11) is 1.67. The highest BCUT2D eigenvalue weighted by atomic mass is 16.5. The molecule has 0 unspecified atom stereocenters. The molecular weight excluding hydrogens is 272 g/mol. The summed E-state index contributed by atoms with van der Waals surface area (Å²) in [4.78, 5) is 18.3. The van der Waals surface area contributed by atoms with E-state index in [0.717, 1.165) is 38.1 Å². The van der Waals surface area contributed by atoms with Crippen molar-refractivity contribution in [1.29, 1.82) is 0 Å². The normalized spacial score (nSPS) is 21.8. The Balaban J connectivity index is 1.42. The van der Waals surface area contributed by atoms with E-state index in [4.69, 9.17) is 9.26 Å². The van der Waals surface area contributed by atoms with Crippen molar-refractivity contribution in [2.24, 2.45) is 0 Å². The zero-order chi connectivity index (χ0) is 14.7. The number of urea groups is 1. The van der Waals surface area contributed by atoms with E-state index in [1.165, 1.54) is 0 Å². The number of hydrogen-bond donors (Lipinski definition) is 1. The van der Waals surface area contributed by atoms with Crippen molar-refractivity contribution in [3.63, 3.8) is 0 Å². The summed E-state index contributed by atoms with van der Waals surface area (Å²) < 4.78 is 10.4. The number of likely N-dealkylation sites (tertiary alicyclic amines) is 1. The average molecular weight is 294 g/mol. The second-order valence-corrected chi connectivity index (χ2v) is 5.75. The van der Waals surface area contributed by atoms with Gasteiger partial charge in [-0.15, -0.1) is 0 Å². The molecule has 0 radical (unpaired) electrons. The lowest BCUT2D eigenvalue weighted by Gasteiger charge is -2.24. The second kappa shape index (κ2) is 6.43. The molecule has 2 aliphatic rings. The Labute approximate surface area is 124 Å². The summed E-state index contributed by atoms with van der Waals surface area (Å²) in [6, 6.07) is 0.169. The highest BCUT2D eigenvalue weighted by molar-refractivity contribution is 5.74.